The van der Waals surface area contributed by atoms with Crippen LogP contribution in [0.2, 0.25) is 0 Å². The van der Waals surface area contributed by atoms with Crippen molar-refractivity contribution in [1.82, 2.24) is 9.55 Å². The maximum absolute atomic E-state index is 6.19. The highest BCUT2D eigenvalue weighted by Gasteiger charge is 2.21. The molecule has 0 amide bonds. The SMILES string of the molecule is CCc1nc2ccccc2n1-c1ccccc1-c1c2ccccc2c(-c2ccc3oc4ccccc4c3c2)c2ccccc12. The van der Waals surface area contributed by atoms with E-state index in [-0.39, 0.29) is 0 Å². The number of hydrogen-bond donors (Lipinski definition) is 0. The highest BCUT2D eigenvalue weighted by atomic mass is 16.3. The number of imidazole rings is 1. The second kappa shape index (κ2) is 9.68. The molecule has 0 aliphatic heterocycles. The molecule has 0 aliphatic carbocycles. The lowest BCUT2D eigenvalue weighted by molar-refractivity contribution is 0.669. The monoisotopic (exact) mass is 564 g/mol. The Bertz CT molecular complexity index is 2490. The van der Waals surface area contributed by atoms with Crippen LogP contribution in [0.25, 0.3) is 82.5 Å². The summed E-state index contributed by atoms with van der Waals surface area (Å²) in [5.74, 6) is 1.06. The Hall–Kier alpha value is -5.67. The fourth-order valence-corrected chi connectivity index (χ4v) is 7.07. The van der Waals surface area contributed by atoms with Crippen molar-refractivity contribution in [1.29, 1.82) is 0 Å². The topological polar surface area (TPSA) is 31.0 Å². The largest absolute Gasteiger partial charge is 0.456 e. The quantitative estimate of drug-likeness (QED) is 0.199. The molecule has 0 bridgehead atoms. The van der Waals surface area contributed by atoms with Crippen LogP contribution in [-0.2, 0) is 6.42 Å². The second-order valence-electron chi connectivity index (χ2n) is 11.4. The number of hydrogen-bond acceptors (Lipinski definition) is 2. The molecule has 44 heavy (non-hydrogen) atoms. The van der Waals surface area contributed by atoms with Gasteiger partial charge in [-0.1, -0.05) is 110 Å². The van der Waals surface area contributed by atoms with Gasteiger partial charge >= 0.3 is 0 Å². The van der Waals surface area contributed by atoms with E-state index in [1.54, 1.807) is 0 Å². The van der Waals surface area contributed by atoms with Crippen molar-refractivity contribution in [3.8, 4) is 27.9 Å². The van der Waals surface area contributed by atoms with E-state index in [4.69, 9.17) is 9.40 Å². The first-order valence-corrected chi connectivity index (χ1v) is 15.2. The third kappa shape index (κ3) is 3.59. The lowest BCUT2D eigenvalue weighted by Gasteiger charge is -2.20. The number of furan rings is 1. The zero-order chi connectivity index (χ0) is 29.2. The molecule has 7 aromatic carbocycles. The average molecular weight is 565 g/mol. The summed E-state index contributed by atoms with van der Waals surface area (Å²) < 4.78 is 8.53. The number of benzene rings is 7. The van der Waals surface area contributed by atoms with Gasteiger partial charge < -0.3 is 4.42 Å². The van der Waals surface area contributed by atoms with Gasteiger partial charge in [0.25, 0.3) is 0 Å². The fourth-order valence-electron chi connectivity index (χ4n) is 7.07. The molecule has 0 atom stereocenters. The van der Waals surface area contributed by atoms with E-state index in [0.717, 1.165) is 50.9 Å². The Morgan fingerprint density at radius 1 is 0.545 bits per heavy atom. The van der Waals surface area contributed by atoms with Gasteiger partial charge in [0, 0.05) is 22.8 Å². The molecule has 0 spiro atoms. The summed E-state index contributed by atoms with van der Waals surface area (Å²) in [5.41, 5.74) is 9.98. The second-order valence-corrected chi connectivity index (χ2v) is 11.4. The van der Waals surface area contributed by atoms with Crippen LogP contribution in [0.3, 0.4) is 0 Å². The Morgan fingerprint density at radius 3 is 1.89 bits per heavy atom. The zero-order valence-electron chi connectivity index (χ0n) is 24.3. The third-order valence-corrected chi connectivity index (χ3v) is 8.96. The van der Waals surface area contributed by atoms with Crippen LogP contribution in [0.15, 0.2) is 144 Å². The molecule has 9 aromatic rings. The van der Waals surface area contributed by atoms with Crippen molar-refractivity contribution in [3.05, 3.63) is 145 Å². The summed E-state index contributed by atoms with van der Waals surface area (Å²) in [7, 11) is 0. The first-order chi connectivity index (χ1) is 21.8. The molecule has 2 aromatic heterocycles. The van der Waals surface area contributed by atoms with E-state index in [9.17, 15) is 0 Å². The summed E-state index contributed by atoms with van der Waals surface area (Å²) >= 11 is 0. The predicted molar refractivity (Wildman–Crippen MR) is 184 cm³/mol. The molecule has 0 saturated carbocycles. The number of fused-ring (bicyclic) bond motifs is 6. The molecule has 0 N–H and O–H groups in total. The predicted octanol–water partition coefficient (Wildman–Crippen LogP) is 11.1. The van der Waals surface area contributed by atoms with Crippen LogP contribution in [0.1, 0.15) is 12.7 Å². The molecule has 0 fully saturated rings. The molecule has 3 heteroatoms. The maximum Gasteiger partial charge on any atom is 0.135 e. The molecule has 2 heterocycles. The van der Waals surface area contributed by atoms with Gasteiger partial charge in [0.15, 0.2) is 0 Å². The first kappa shape index (κ1) is 24.9. The Labute approximate surface area is 254 Å². The van der Waals surface area contributed by atoms with Crippen molar-refractivity contribution >= 4 is 54.5 Å². The van der Waals surface area contributed by atoms with Crippen molar-refractivity contribution in [3.63, 3.8) is 0 Å². The minimum absolute atomic E-state index is 0.842. The van der Waals surface area contributed by atoms with E-state index in [1.165, 1.54) is 43.8 Å². The summed E-state index contributed by atoms with van der Waals surface area (Å²) in [6.07, 6.45) is 0.842. The van der Waals surface area contributed by atoms with E-state index in [1.807, 2.05) is 12.1 Å². The molecular weight excluding hydrogens is 536 g/mol. The minimum atomic E-state index is 0.842. The fraction of sp³-hybridized carbons (Fsp3) is 0.0488. The van der Waals surface area contributed by atoms with Gasteiger partial charge in [0.1, 0.15) is 17.0 Å². The van der Waals surface area contributed by atoms with Gasteiger partial charge in [0.2, 0.25) is 0 Å². The molecule has 0 unspecified atom stereocenters. The van der Waals surface area contributed by atoms with Gasteiger partial charge in [-0.05, 0) is 74.6 Å². The number of aromatic nitrogens is 2. The Morgan fingerprint density at radius 2 is 1.14 bits per heavy atom. The van der Waals surface area contributed by atoms with E-state index in [2.05, 4.69) is 139 Å². The van der Waals surface area contributed by atoms with Crippen LogP contribution < -0.4 is 0 Å². The molecule has 3 nitrogen and oxygen atoms in total. The van der Waals surface area contributed by atoms with E-state index in [0.29, 0.717) is 0 Å². The minimum Gasteiger partial charge on any atom is -0.456 e. The first-order valence-electron chi connectivity index (χ1n) is 15.2. The number of aryl methyl sites for hydroxylation is 1. The maximum atomic E-state index is 6.19. The van der Waals surface area contributed by atoms with Crippen molar-refractivity contribution in [2.45, 2.75) is 13.3 Å². The van der Waals surface area contributed by atoms with E-state index >= 15 is 0 Å². The Balaban J connectivity index is 1.38. The van der Waals surface area contributed by atoms with Crippen molar-refractivity contribution in [2.75, 3.05) is 0 Å². The Kier molecular flexibility index (Phi) is 5.48. The number of rotatable bonds is 4. The molecule has 9 rings (SSSR count). The molecular formula is C41H28N2O. The highest BCUT2D eigenvalue weighted by Crippen LogP contribution is 2.46. The van der Waals surface area contributed by atoms with Gasteiger partial charge in [-0.15, -0.1) is 0 Å². The van der Waals surface area contributed by atoms with Crippen LogP contribution in [0.4, 0.5) is 0 Å². The molecule has 0 radical (unpaired) electrons. The van der Waals surface area contributed by atoms with Crippen LogP contribution in [0, 0.1) is 0 Å². The van der Waals surface area contributed by atoms with Crippen molar-refractivity contribution < 1.29 is 4.42 Å². The lowest BCUT2D eigenvalue weighted by Crippen LogP contribution is -2.03. The summed E-state index contributed by atoms with van der Waals surface area (Å²) in [6, 6.07) is 49.8. The number of nitrogens with zero attached hydrogens (tertiary/aromatic N) is 2. The third-order valence-electron chi connectivity index (χ3n) is 8.96. The summed E-state index contributed by atoms with van der Waals surface area (Å²) in [4.78, 5) is 5.02. The van der Waals surface area contributed by atoms with Crippen molar-refractivity contribution in [2.24, 2.45) is 0 Å². The van der Waals surface area contributed by atoms with Gasteiger partial charge in [0.05, 0.1) is 16.7 Å². The zero-order valence-corrected chi connectivity index (χ0v) is 24.3. The van der Waals surface area contributed by atoms with Crippen LogP contribution >= 0.6 is 0 Å². The van der Waals surface area contributed by atoms with Gasteiger partial charge in [-0.25, -0.2) is 4.98 Å². The van der Waals surface area contributed by atoms with Crippen LogP contribution in [0.5, 0.6) is 0 Å². The smallest absolute Gasteiger partial charge is 0.135 e. The molecule has 208 valence electrons. The lowest BCUT2D eigenvalue weighted by atomic mass is 9.85. The van der Waals surface area contributed by atoms with Crippen LogP contribution in [-0.4, -0.2) is 9.55 Å². The average Bonchev–Trinajstić information content (AvgIpc) is 3.65. The molecule has 0 saturated heterocycles. The van der Waals surface area contributed by atoms with Gasteiger partial charge in [-0.3, -0.25) is 4.57 Å². The highest BCUT2D eigenvalue weighted by molar-refractivity contribution is 6.22. The normalized spacial score (nSPS) is 11.8. The number of para-hydroxylation sites is 4. The standard InChI is InChI=1S/C41H28N2O/c1-2-39-42-34-19-9-11-21-36(34)43(39)35-20-10-7-18-32(35)41-30-16-5-3-14-28(30)40(29-15-4-6-17-31(29)41)26-23-24-38-33(25-26)27-13-8-12-22-37(27)44-38/h3-25H,2H2,1H3. The summed E-state index contributed by atoms with van der Waals surface area (Å²) in [5, 5.41) is 7.20. The van der Waals surface area contributed by atoms with Gasteiger partial charge in [-0.2, -0.15) is 0 Å². The summed E-state index contributed by atoms with van der Waals surface area (Å²) in [6.45, 7) is 2.18. The van der Waals surface area contributed by atoms with E-state index < -0.39 is 0 Å². The molecule has 0 aliphatic rings.